The summed E-state index contributed by atoms with van der Waals surface area (Å²) in [5.41, 5.74) is 0.844. The maximum atomic E-state index is 11.2. The minimum Gasteiger partial charge on any atom is -0.467 e. The van der Waals surface area contributed by atoms with Crippen LogP contribution < -0.4 is 9.47 Å². The molecule has 6 heteroatoms. The fourth-order valence-corrected chi connectivity index (χ4v) is 4.94. The van der Waals surface area contributed by atoms with Crippen LogP contribution in [0.1, 0.15) is 63.8 Å². The first-order chi connectivity index (χ1) is 18.6. The lowest BCUT2D eigenvalue weighted by Gasteiger charge is -2.28. The number of fused-ring (bicyclic) bond motifs is 2. The summed E-state index contributed by atoms with van der Waals surface area (Å²) >= 11 is 0. The third kappa shape index (κ3) is 6.36. The Kier molecular flexibility index (Phi) is 8.82. The van der Waals surface area contributed by atoms with Crippen molar-refractivity contribution in [3.05, 3.63) is 82.9 Å². The maximum absolute atomic E-state index is 11.2. The lowest BCUT2D eigenvalue weighted by atomic mass is 9.85. The van der Waals surface area contributed by atoms with Gasteiger partial charge in [0.1, 0.15) is 11.5 Å². The van der Waals surface area contributed by atoms with E-state index in [2.05, 4.69) is 12.1 Å². The number of benzene rings is 4. The average Bonchev–Trinajstić information content (AvgIpc) is 2.89. The van der Waals surface area contributed by atoms with Gasteiger partial charge >= 0.3 is 0 Å². The second-order valence-corrected chi connectivity index (χ2v) is 10.7. The van der Waals surface area contributed by atoms with Crippen LogP contribution in [-0.2, 0) is 27.1 Å². The third-order valence-electron chi connectivity index (χ3n) is 6.86. The van der Waals surface area contributed by atoms with Crippen molar-refractivity contribution in [3.8, 4) is 11.5 Å². The molecule has 0 amide bonds. The molecule has 0 aliphatic heterocycles. The van der Waals surface area contributed by atoms with Crippen LogP contribution in [0.3, 0.4) is 0 Å². The van der Waals surface area contributed by atoms with Crippen LogP contribution in [0.25, 0.3) is 21.5 Å². The molecule has 0 aliphatic carbocycles. The Morgan fingerprint density at radius 3 is 1.36 bits per heavy atom. The first kappa shape index (κ1) is 28.8. The first-order valence-electron chi connectivity index (χ1n) is 13.5. The van der Waals surface area contributed by atoms with Crippen molar-refractivity contribution in [3.63, 3.8) is 0 Å². The minimum absolute atomic E-state index is 0.0586. The molecule has 0 saturated carbocycles. The molecule has 208 valence electrons. The van der Waals surface area contributed by atoms with E-state index in [1.54, 1.807) is 27.7 Å². The standard InChI is InChI=1S/C33H40O6/c1-7-36-20-38-30-26(24-15-11-9-13-22(24)17-28(30)32(3,4)34)19-27-25-16-12-10-14-23(25)18-29(33(5,6)35)31(27)39-21-37-8-2/h9-18,34-35H,7-8,19-21H2,1-6H3. The number of aliphatic hydroxyl groups is 2. The van der Waals surface area contributed by atoms with Crippen LogP contribution in [-0.4, -0.2) is 37.0 Å². The molecule has 0 radical (unpaired) electrons. The van der Waals surface area contributed by atoms with E-state index in [9.17, 15) is 10.2 Å². The Morgan fingerprint density at radius 2 is 1.00 bits per heavy atom. The highest BCUT2D eigenvalue weighted by molar-refractivity contribution is 5.93. The summed E-state index contributed by atoms with van der Waals surface area (Å²) in [5, 5.41) is 26.4. The van der Waals surface area contributed by atoms with Crippen molar-refractivity contribution in [2.75, 3.05) is 26.8 Å². The van der Waals surface area contributed by atoms with E-state index in [0.717, 1.165) is 32.7 Å². The van der Waals surface area contributed by atoms with Crippen LogP contribution in [0.5, 0.6) is 11.5 Å². The van der Waals surface area contributed by atoms with Gasteiger partial charge in [0, 0.05) is 41.9 Å². The van der Waals surface area contributed by atoms with Gasteiger partial charge in [-0.25, -0.2) is 0 Å². The molecule has 0 heterocycles. The molecule has 2 N–H and O–H groups in total. The van der Waals surface area contributed by atoms with Gasteiger partial charge < -0.3 is 29.2 Å². The van der Waals surface area contributed by atoms with Crippen LogP contribution in [0.2, 0.25) is 0 Å². The molecule has 0 fully saturated rings. The normalized spacial score (nSPS) is 12.3. The monoisotopic (exact) mass is 532 g/mol. The summed E-state index contributed by atoms with van der Waals surface area (Å²) in [6.45, 7) is 12.0. The SMILES string of the molecule is CCOCOc1c(C(C)(C)O)cc2ccccc2c1Cc1c(OCOCC)c(C(C)(C)O)cc2ccccc12. The van der Waals surface area contributed by atoms with Gasteiger partial charge in [0.05, 0.1) is 11.2 Å². The molecule has 0 aromatic heterocycles. The lowest BCUT2D eigenvalue weighted by Crippen LogP contribution is -2.20. The van der Waals surface area contributed by atoms with E-state index < -0.39 is 11.2 Å². The molecular weight excluding hydrogens is 492 g/mol. The molecule has 0 spiro atoms. The van der Waals surface area contributed by atoms with Crippen molar-refractivity contribution >= 4 is 21.5 Å². The second-order valence-electron chi connectivity index (χ2n) is 10.7. The molecule has 0 unspecified atom stereocenters. The molecule has 4 aromatic carbocycles. The van der Waals surface area contributed by atoms with Crippen molar-refractivity contribution in [2.45, 2.75) is 59.2 Å². The zero-order valence-corrected chi connectivity index (χ0v) is 23.8. The van der Waals surface area contributed by atoms with E-state index in [0.29, 0.717) is 42.3 Å². The predicted molar refractivity (Wildman–Crippen MR) is 155 cm³/mol. The van der Waals surface area contributed by atoms with Gasteiger partial charge in [0.25, 0.3) is 0 Å². The second kappa shape index (κ2) is 11.9. The molecule has 4 rings (SSSR count). The number of hydrogen-bond acceptors (Lipinski definition) is 6. The Labute approximate surface area is 231 Å². The smallest absolute Gasteiger partial charge is 0.189 e. The predicted octanol–water partition coefficient (Wildman–Crippen LogP) is 6.78. The van der Waals surface area contributed by atoms with Crippen LogP contribution in [0, 0.1) is 0 Å². The fourth-order valence-electron chi connectivity index (χ4n) is 4.94. The Hall–Kier alpha value is -3.16. The maximum Gasteiger partial charge on any atom is 0.189 e. The van der Waals surface area contributed by atoms with Gasteiger partial charge in [-0.05, 0) is 75.2 Å². The zero-order chi connectivity index (χ0) is 28.2. The molecule has 4 aromatic rings. The molecule has 0 atom stereocenters. The highest BCUT2D eigenvalue weighted by atomic mass is 16.7. The van der Waals surface area contributed by atoms with Gasteiger partial charge in [-0.15, -0.1) is 0 Å². The molecule has 0 aliphatic rings. The van der Waals surface area contributed by atoms with Gasteiger partial charge in [0.15, 0.2) is 13.6 Å². The van der Waals surface area contributed by atoms with Crippen LogP contribution in [0.4, 0.5) is 0 Å². The van der Waals surface area contributed by atoms with Crippen molar-refractivity contribution < 1.29 is 29.2 Å². The zero-order valence-electron chi connectivity index (χ0n) is 23.8. The van der Waals surface area contributed by atoms with E-state index >= 15 is 0 Å². The van der Waals surface area contributed by atoms with Gasteiger partial charge in [-0.1, -0.05) is 48.5 Å². The fraction of sp³-hybridized carbons (Fsp3) is 0.394. The van der Waals surface area contributed by atoms with Gasteiger partial charge in [-0.3, -0.25) is 0 Å². The number of hydrogen-bond donors (Lipinski definition) is 2. The van der Waals surface area contributed by atoms with Gasteiger partial charge in [0.2, 0.25) is 0 Å². The average molecular weight is 533 g/mol. The summed E-state index contributed by atoms with van der Waals surface area (Å²) in [7, 11) is 0. The minimum atomic E-state index is -1.16. The summed E-state index contributed by atoms with van der Waals surface area (Å²) < 4.78 is 23.7. The molecular formula is C33H40O6. The van der Waals surface area contributed by atoms with Crippen LogP contribution in [0.15, 0.2) is 60.7 Å². The van der Waals surface area contributed by atoms with Crippen molar-refractivity contribution in [2.24, 2.45) is 0 Å². The highest BCUT2D eigenvalue weighted by Crippen LogP contribution is 2.44. The lowest BCUT2D eigenvalue weighted by molar-refractivity contribution is 0.0154. The quantitative estimate of drug-likeness (QED) is 0.155. The number of ether oxygens (including phenoxy) is 4. The largest absolute Gasteiger partial charge is 0.467 e. The summed E-state index contributed by atoms with van der Waals surface area (Å²) in [6.07, 6.45) is 0.428. The molecule has 39 heavy (non-hydrogen) atoms. The summed E-state index contributed by atoms with van der Waals surface area (Å²) in [4.78, 5) is 0. The summed E-state index contributed by atoms with van der Waals surface area (Å²) in [6, 6.07) is 20.2. The highest BCUT2D eigenvalue weighted by Gasteiger charge is 2.29. The topological polar surface area (TPSA) is 77.4 Å². The van der Waals surface area contributed by atoms with E-state index in [1.165, 1.54) is 0 Å². The Morgan fingerprint density at radius 1 is 0.615 bits per heavy atom. The van der Waals surface area contributed by atoms with Crippen molar-refractivity contribution in [1.29, 1.82) is 0 Å². The van der Waals surface area contributed by atoms with Crippen LogP contribution >= 0.6 is 0 Å². The molecule has 6 nitrogen and oxygen atoms in total. The van der Waals surface area contributed by atoms with Crippen molar-refractivity contribution in [1.82, 2.24) is 0 Å². The molecule has 0 bridgehead atoms. The number of rotatable bonds is 12. The Bertz CT molecular complexity index is 1320. The van der Waals surface area contributed by atoms with Gasteiger partial charge in [-0.2, -0.15) is 0 Å². The van der Waals surface area contributed by atoms with E-state index in [-0.39, 0.29) is 13.6 Å². The third-order valence-corrected chi connectivity index (χ3v) is 6.86. The van der Waals surface area contributed by atoms with E-state index in [4.69, 9.17) is 18.9 Å². The Balaban J connectivity index is 2.05. The van der Waals surface area contributed by atoms with E-state index in [1.807, 2.05) is 62.4 Å². The first-order valence-corrected chi connectivity index (χ1v) is 13.5. The summed E-state index contributed by atoms with van der Waals surface area (Å²) in [5.74, 6) is 1.17. The molecule has 0 saturated heterocycles.